The van der Waals surface area contributed by atoms with E-state index in [0.717, 1.165) is 25.7 Å². The quantitative estimate of drug-likeness (QED) is 0.823. The largest absolute Gasteiger partial charge is 0.508 e. The van der Waals surface area contributed by atoms with Gasteiger partial charge in [0.2, 0.25) is 0 Å². The Bertz CT molecular complexity index is 570. The summed E-state index contributed by atoms with van der Waals surface area (Å²) in [5, 5.41) is 12.0. The molecular formula is C18H25NO5. The van der Waals surface area contributed by atoms with Crippen LogP contribution in [0.5, 0.6) is 5.75 Å². The summed E-state index contributed by atoms with van der Waals surface area (Å²) in [4.78, 5) is 24.6. The van der Waals surface area contributed by atoms with Gasteiger partial charge in [-0.3, -0.25) is 0 Å². The van der Waals surface area contributed by atoms with Crippen molar-refractivity contribution >= 4 is 12.1 Å². The van der Waals surface area contributed by atoms with Gasteiger partial charge in [-0.15, -0.1) is 0 Å². The number of aromatic hydroxyl groups is 1. The number of hydrogen-bond donors (Lipinski definition) is 2. The summed E-state index contributed by atoms with van der Waals surface area (Å²) < 4.78 is 10.7. The Morgan fingerprint density at radius 3 is 2.29 bits per heavy atom. The molecule has 0 saturated heterocycles. The van der Waals surface area contributed by atoms with Gasteiger partial charge in [0.15, 0.2) is 6.04 Å². The van der Waals surface area contributed by atoms with E-state index in [9.17, 15) is 14.7 Å². The maximum atomic E-state index is 12.5. The Morgan fingerprint density at radius 1 is 1.17 bits per heavy atom. The first-order valence-electron chi connectivity index (χ1n) is 8.23. The van der Waals surface area contributed by atoms with E-state index in [1.807, 2.05) is 0 Å². The van der Waals surface area contributed by atoms with E-state index < -0.39 is 23.7 Å². The molecule has 0 heterocycles. The molecule has 0 spiro atoms. The van der Waals surface area contributed by atoms with Crippen LogP contribution >= 0.6 is 0 Å². The molecule has 1 aromatic rings. The highest BCUT2D eigenvalue weighted by Gasteiger charge is 2.30. The Morgan fingerprint density at radius 2 is 1.75 bits per heavy atom. The van der Waals surface area contributed by atoms with Crippen LogP contribution in [0.3, 0.4) is 0 Å². The van der Waals surface area contributed by atoms with Gasteiger partial charge in [0.05, 0.1) is 0 Å². The molecule has 132 valence electrons. The predicted octanol–water partition coefficient (Wildman–Crippen LogP) is 3.44. The monoisotopic (exact) mass is 335 g/mol. The lowest BCUT2D eigenvalue weighted by molar-refractivity contribution is -0.151. The minimum atomic E-state index is -0.971. The van der Waals surface area contributed by atoms with Gasteiger partial charge in [0, 0.05) is 0 Å². The molecule has 2 rings (SSSR count). The third kappa shape index (κ3) is 5.44. The van der Waals surface area contributed by atoms with Gasteiger partial charge in [0.25, 0.3) is 0 Å². The van der Waals surface area contributed by atoms with Gasteiger partial charge in [-0.05, 0) is 64.2 Å². The number of carbonyl (C=O) groups is 2. The van der Waals surface area contributed by atoms with Gasteiger partial charge >= 0.3 is 12.1 Å². The summed E-state index contributed by atoms with van der Waals surface area (Å²) in [5.74, 6) is -0.433. The second-order valence-corrected chi connectivity index (χ2v) is 7.01. The number of ether oxygens (including phenoxy) is 2. The number of phenols is 1. The maximum absolute atomic E-state index is 12.5. The number of benzene rings is 1. The molecule has 6 heteroatoms. The Hall–Kier alpha value is -2.24. The molecule has 1 atom stereocenters. The summed E-state index contributed by atoms with van der Waals surface area (Å²) in [6.07, 6.45) is 2.99. The van der Waals surface area contributed by atoms with Crippen molar-refractivity contribution in [2.24, 2.45) is 0 Å². The molecule has 0 aromatic heterocycles. The van der Waals surface area contributed by atoms with Gasteiger partial charge in [-0.25, -0.2) is 9.59 Å². The molecule has 1 aliphatic carbocycles. The fraction of sp³-hybridized carbons (Fsp3) is 0.556. The molecule has 1 aliphatic rings. The van der Waals surface area contributed by atoms with Gasteiger partial charge in [-0.1, -0.05) is 12.1 Å². The molecule has 0 bridgehead atoms. The number of amides is 1. The number of phenolic OH excluding ortho intramolecular Hbond substituents is 1. The van der Waals surface area contributed by atoms with Crippen LogP contribution in [0.15, 0.2) is 24.3 Å². The van der Waals surface area contributed by atoms with Crippen LogP contribution in [0.2, 0.25) is 0 Å². The molecule has 24 heavy (non-hydrogen) atoms. The zero-order valence-electron chi connectivity index (χ0n) is 14.4. The minimum absolute atomic E-state index is 0.0823. The summed E-state index contributed by atoms with van der Waals surface area (Å²) in [6.45, 7) is 5.25. The highest BCUT2D eigenvalue weighted by molar-refractivity contribution is 5.83. The highest BCUT2D eigenvalue weighted by Crippen LogP contribution is 2.25. The first-order chi connectivity index (χ1) is 11.2. The Balaban J connectivity index is 2.12. The Kier molecular flexibility index (Phi) is 5.70. The third-order valence-corrected chi connectivity index (χ3v) is 3.71. The van der Waals surface area contributed by atoms with Crippen LogP contribution in [-0.4, -0.2) is 28.9 Å². The average molecular weight is 335 g/mol. The third-order valence-electron chi connectivity index (χ3n) is 3.71. The maximum Gasteiger partial charge on any atom is 0.408 e. The second-order valence-electron chi connectivity index (χ2n) is 7.01. The number of nitrogens with one attached hydrogen (secondary N) is 1. The first-order valence-corrected chi connectivity index (χ1v) is 8.23. The number of carbonyl (C=O) groups excluding carboxylic acids is 2. The van der Waals surface area contributed by atoms with E-state index in [4.69, 9.17) is 9.47 Å². The number of esters is 1. The van der Waals surface area contributed by atoms with Gasteiger partial charge in [-0.2, -0.15) is 0 Å². The lowest BCUT2D eigenvalue weighted by atomic mass is 10.1. The van der Waals surface area contributed by atoms with Crippen LogP contribution in [0, 0.1) is 0 Å². The van der Waals surface area contributed by atoms with Crippen LogP contribution < -0.4 is 5.32 Å². The van der Waals surface area contributed by atoms with Crippen molar-refractivity contribution in [2.75, 3.05) is 0 Å². The molecular weight excluding hydrogens is 310 g/mol. The van der Waals surface area contributed by atoms with Crippen molar-refractivity contribution in [2.45, 2.75) is 64.2 Å². The van der Waals surface area contributed by atoms with Crippen molar-refractivity contribution in [1.29, 1.82) is 0 Å². The molecule has 1 amide bonds. The average Bonchev–Trinajstić information content (AvgIpc) is 2.97. The number of hydrogen-bond acceptors (Lipinski definition) is 5. The number of rotatable bonds is 4. The van der Waals surface area contributed by atoms with E-state index in [1.165, 1.54) is 12.1 Å². The van der Waals surface area contributed by atoms with E-state index in [-0.39, 0.29) is 11.9 Å². The topological polar surface area (TPSA) is 84.9 Å². The molecule has 6 nitrogen and oxygen atoms in total. The molecule has 1 fully saturated rings. The molecule has 1 aromatic carbocycles. The molecule has 0 unspecified atom stereocenters. The normalized spacial score (nSPS) is 16.5. The standard InChI is InChI=1S/C18H25NO5/c1-18(2,3)24-17(22)19-15(12-8-10-13(20)11-9-12)16(21)23-14-6-4-5-7-14/h8-11,14-15,20H,4-7H2,1-3H3,(H,19,22)/t15-/m0/s1. The number of alkyl carbamates (subject to hydrolysis) is 1. The molecule has 0 radical (unpaired) electrons. The van der Waals surface area contributed by atoms with Crippen molar-refractivity contribution in [3.63, 3.8) is 0 Å². The van der Waals surface area contributed by atoms with Gasteiger partial charge in [0.1, 0.15) is 17.5 Å². The Labute approximate surface area is 142 Å². The fourth-order valence-corrected chi connectivity index (χ4v) is 2.61. The van der Waals surface area contributed by atoms with Crippen LogP contribution in [-0.2, 0) is 14.3 Å². The first kappa shape index (κ1) is 18.1. The summed E-state index contributed by atoms with van der Waals surface area (Å²) in [7, 11) is 0. The summed E-state index contributed by atoms with van der Waals surface area (Å²) in [5.41, 5.74) is -0.138. The minimum Gasteiger partial charge on any atom is -0.508 e. The predicted molar refractivity (Wildman–Crippen MR) is 88.6 cm³/mol. The van der Waals surface area contributed by atoms with E-state index >= 15 is 0 Å². The van der Waals surface area contributed by atoms with E-state index in [0.29, 0.717) is 5.56 Å². The van der Waals surface area contributed by atoms with Crippen LogP contribution in [0.1, 0.15) is 58.1 Å². The van der Waals surface area contributed by atoms with Crippen LogP contribution in [0.25, 0.3) is 0 Å². The lowest BCUT2D eigenvalue weighted by Crippen LogP contribution is -2.39. The summed E-state index contributed by atoms with van der Waals surface area (Å²) >= 11 is 0. The lowest BCUT2D eigenvalue weighted by Gasteiger charge is -2.24. The van der Waals surface area contributed by atoms with Crippen molar-refractivity contribution in [3.8, 4) is 5.75 Å². The summed E-state index contributed by atoms with van der Waals surface area (Å²) in [6, 6.07) is 5.10. The van der Waals surface area contributed by atoms with Crippen molar-refractivity contribution < 1.29 is 24.2 Å². The van der Waals surface area contributed by atoms with E-state index in [1.54, 1.807) is 32.9 Å². The van der Waals surface area contributed by atoms with Gasteiger partial charge < -0.3 is 19.9 Å². The zero-order chi connectivity index (χ0) is 17.7. The smallest absolute Gasteiger partial charge is 0.408 e. The molecule has 1 saturated carbocycles. The van der Waals surface area contributed by atoms with E-state index in [2.05, 4.69) is 5.32 Å². The van der Waals surface area contributed by atoms with Crippen molar-refractivity contribution in [3.05, 3.63) is 29.8 Å². The van der Waals surface area contributed by atoms with Crippen LogP contribution in [0.4, 0.5) is 4.79 Å². The zero-order valence-corrected chi connectivity index (χ0v) is 14.4. The fourth-order valence-electron chi connectivity index (χ4n) is 2.61. The second kappa shape index (κ2) is 7.55. The molecule has 2 N–H and O–H groups in total. The van der Waals surface area contributed by atoms with Crippen molar-refractivity contribution in [1.82, 2.24) is 5.32 Å². The SMILES string of the molecule is CC(C)(C)OC(=O)N[C@H](C(=O)OC1CCCC1)c1ccc(O)cc1. The highest BCUT2D eigenvalue weighted by atomic mass is 16.6. The molecule has 0 aliphatic heterocycles.